The van der Waals surface area contributed by atoms with Crippen molar-refractivity contribution in [2.75, 3.05) is 18.1 Å². The van der Waals surface area contributed by atoms with Crippen molar-refractivity contribution >= 4 is 23.5 Å². The number of aryl methyl sites for hydroxylation is 1. The lowest BCUT2D eigenvalue weighted by molar-refractivity contribution is -0.126. The SMILES string of the molecule is CCOC(=O)c1[nH]c(C)c(C(=O)OC(C)C(=O)N2CCc3ccccc32)c1C. The fourth-order valence-electron chi connectivity index (χ4n) is 3.52. The third kappa shape index (κ3) is 3.52. The Morgan fingerprint density at radius 3 is 2.61 bits per heavy atom. The quantitative estimate of drug-likeness (QED) is 0.801. The number of rotatable bonds is 5. The lowest BCUT2D eigenvalue weighted by atomic mass is 10.1. The maximum Gasteiger partial charge on any atom is 0.355 e. The molecule has 28 heavy (non-hydrogen) atoms. The molecule has 1 amide bonds. The Hall–Kier alpha value is -3.09. The van der Waals surface area contributed by atoms with E-state index < -0.39 is 18.0 Å². The summed E-state index contributed by atoms with van der Waals surface area (Å²) in [6.07, 6.45) is -0.167. The van der Waals surface area contributed by atoms with Crippen LogP contribution in [0.2, 0.25) is 0 Å². The molecule has 1 aliphatic heterocycles. The number of hydrogen-bond donors (Lipinski definition) is 1. The maximum atomic E-state index is 12.8. The molecule has 7 nitrogen and oxygen atoms in total. The van der Waals surface area contributed by atoms with Gasteiger partial charge in [0.25, 0.3) is 5.91 Å². The molecule has 1 unspecified atom stereocenters. The second-order valence-corrected chi connectivity index (χ2v) is 6.76. The van der Waals surface area contributed by atoms with Gasteiger partial charge in [-0.15, -0.1) is 0 Å². The van der Waals surface area contributed by atoms with E-state index in [4.69, 9.17) is 9.47 Å². The zero-order chi connectivity index (χ0) is 20.4. The molecule has 0 saturated heterocycles. The van der Waals surface area contributed by atoms with E-state index in [-0.39, 0.29) is 23.8 Å². The number of carbonyl (C=O) groups is 3. The van der Waals surface area contributed by atoms with Crippen LogP contribution in [0.5, 0.6) is 0 Å². The van der Waals surface area contributed by atoms with E-state index in [2.05, 4.69) is 4.98 Å². The van der Waals surface area contributed by atoms with Crippen LogP contribution < -0.4 is 4.90 Å². The highest BCUT2D eigenvalue weighted by Crippen LogP contribution is 2.28. The Morgan fingerprint density at radius 1 is 1.18 bits per heavy atom. The molecular formula is C21H24N2O5. The number of benzene rings is 1. The number of hydrogen-bond acceptors (Lipinski definition) is 5. The van der Waals surface area contributed by atoms with Crippen LogP contribution in [-0.2, 0) is 20.7 Å². The van der Waals surface area contributed by atoms with Gasteiger partial charge in [-0.3, -0.25) is 4.79 Å². The third-order valence-electron chi connectivity index (χ3n) is 4.91. The standard InChI is InChI=1S/C21H24N2O5/c1-5-27-21(26)18-12(2)17(13(3)22-18)20(25)28-14(4)19(24)23-11-10-15-8-6-7-9-16(15)23/h6-9,14,22H,5,10-11H2,1-4H3. The molecule has 1 atom stereocenters. The fraction of sp³-hybridized carbons (Fsp3) is 0.381. The number of aromatic nitrogens is 1. The Morgan fingerprint density at radius 2 is 1.89 bits per heavy atom. The predicted octanol–water partition coefficient (Wildman–Crippen LogP) is 2.94. The second kappa shape index (κ2) is 7.88. The number of para-hydroxylation sites is 1. The van der Waals surface area contributed by atoms with Crippen LogP contribution in [-0.4, -0.2) is 42.1 Å². The average Bonchev–Trinajstić information content (AvgIpc) is 3.22. The lowest BCUT2D eigenvalue weighted by Crippen LogP contribution is -2.39. The monoisotopic (exact) mass is 384 g/mol. The molecular weight excluding hydrogens is 360 g/mol. The van der Waals surface area contributed by atoms with Crippen LogP contribution in [0.4, 0.5) is 5.69 Å². The fourth-order valence-corrected chi connectivity index (χ4v) is 3.52. The molecule has 0 bridgehead atoms. The molecule has 1 N–H and O–H groups in total. The molecule has 3 rings (SSSR count). The maximum absolute atomic E-state index is 12.8. The third-order valence-corrected chi connectivity index (χ3v) is 4.91. The van der Waals surface area contributed by atoms with Crippen molar-refractivity contribution in [1.29, 1.82) is 0 Å². The summed E-state index contributed by atoms with van der Waals surface area (Å²) < 4.78 is 10.4. The van der Waals surface area contributed by atoms with Crippen molar-refractivity contribution < 1.29 is 23.9 Å². The summed E-state index contributed by atoms with van der Waals surface area (Å²) in [4.78, 5) is 42.0. The number of H-pyrrole nitrogens is 1. The van der Waals surface area contributed by atoms with Crippen LogP contribution in [0, 0.1) is 13.8 Å². The van der Waals surface area contributed by atoms with Crippen LogP contribution in [0.25, 0.3) is 0 Å². The average molecular weight is 384 g/mol. The minimum absolute atomic E-state index is 0.221. The molecule has 7 heteroatoms. The minimum Gasteiger partial charge on any atom is -0.461 e. The van der Waals surface area contributed by atoms with Gasteiger partial charge in [-0.2, -0.15) is 0 Å². The van der Waals surface area contributed by atoms with Gasteiger partial charge in [0.1, 0.15) is 5.69 Å². The Labute approximate surface area is 163 Å². The van der Waals surface area contributed by atoms with E-state index in [1.165, 1.54) is 0 Å². The van der Waals surface area contributed by atoms with Crippen LogP contribution >= 0.6 is 0 Å². The zero-order valence-corrected chi connectivity index (χ0v) is 16.5. The number of carbonyl (C=O) groups excluding carboxylic acids is 3. The number of esters is 2. The second-order valence-electron chi connectivity index (χ2n) is 6.76. The van der Waals surface area contributed by atoms with Crippen LogP contribution in [0.1, 0.15) is 51.5 Å². The lowest BCUT2D eigenvalue weighted by Gasteiger charge is -2.21. The van der Waals surface area contributed by atoms with Gasteiger partial charge in [0.05, 0.1) is 12.2 Å². The Balaban J connectivity index is 1.75. The molecule has 0 spiro atoms. The molecule has 0 aliphatic carbocycles. The smallest absolute Gasteiger partial charge is 0.355 e. The molecule has 2 heterocycles. The van der Waals surface area contributed by atoms with Crippen LogP contribution in [0.15, 0.2) is 24.3 Å². The molecule has 1 aliphatic rings. The van der Waals surface area contributed by atoms with Gasteiger partial charge in [0.2, 0.25) is 0 Å². The van der Waals surface area contributed by atoms with Crippen molar-refractivity contribution in [2.45, 2.75) is 40.2 Å². The number of ether oxygens (including phenoxy) is 2. The van der Waals surface area contributed by atoms with E-state index in [0.717, 1.165) is 17.7 Å². The summed E-state index contributed by atoms with van der Waals surface area (Å²) in [5, 5.41) is 0. The van der Waals surface area contributed by atoms with Gasteiger partial charge >= 0.3 is 11.9 Å². The molecule has 2 aromatic rings. The van der Waals surface area contributed by atoms with E-state index in [0.29, 0.717) is 17.8 Å². The molecule has 0 fully saturated rings. The molecule has 148 valence electrons. The Bertz CT molecular complexity index is 931. The Kier molecular flexibility index (Phi) is 5.53. The van der Waals surface area contributed by atoms with Crippen molar-refractivity contribution in [1.82, 2.24) is 4.98 Å². The van der Waals surface area contributed by atoms with E-state index in [1.54, 1.807) is 32.6 Å². The molecule has 0 radical (unpaired) electrons. The van der Waals surface area contributed by atoms with Gasteiger partial charge < -0.3 is 19.4 Å². The van der Waals surface area contributed by atoms with Gasteiger partial charge in [-0.1, -0.05) is 18.2 Å². The first-order chi connectivity index (χ1) is 13.3. The number of nitrogens with zero attached hydrogens (tertiary/aromatic N) is 1. The van der Waals surface area contributed by atoms with Gasteiger partial charge in [-0.25, -0.2) is 9.59 Å². The largest absolute Gasteiger partial charge is 0.461 e. The van der Waals surface area contributed by atoms with Gasteiger partial charge in [0.15, 0.2) is 6.10 Å². The molecule has 0 saturated carbocycles. The van der Waals surface area contributed by atoms with Crippen molar-refractivity contribution in [2.24, 2.45) is 0 Å². The number of anilines is 1. The number of amides is 1. The first-order valence-electron chi connectivity index (χ1n) is 9.31. The highest BCUT2D eigenvalue weighted by Gasteiger charge is 2.31. The van der Waals surface area contributed by atoms with Crippen molar-refractivity contribution in [3.63, 3.8) is 0 Å². The normalized spacial score (nSPS) is 13.8. The summed E-state index contributed by atoms with van der Waals surface area (Å²) in [5.74, 6) is -1.44. The first-order valence-corrected chi connectivity index (χ1v) is 9.31. The predicted molar refractivity (Wildman–Crippen MR) is 104 cm³/mol. The summed E-state index contributed by atoms with van der Waals surface area (Å²) in [6.45, 7) is 7.39. The molecule has 1 aromatic heterocycles. The van der Waals surface area contributed by atoms with Gasteiger partial charge in [0, 0.05) is 17.9 Å². The summed E-state index contributed by atoms with van der Waals surface area (Å²) >= 11 is 0. The highest BCUT2D eigenvalue weighted by molar-refractivity contribution is 6.02. The van der Waals surface area contributed by atoms with Crippen molar-refractivity contribution in [3.8, 4) is 0 Å². The van der Waals surface area contributed by atoms with E-state index in [1.807, 2.05) is 24.3 Å². The van der Waals surface area contributed by atoms with Crippen molar-refractivity contribution in [3.05, 3.63) is 52.3 Å². The highest BCUT2D eigenvalue weighted by atomic mass is 16.5. The number of aromatic amines is 1. The number of fused-ring (bicyclic) bond motifs is 1. The summed E-state index contributed by atoms with van der Waals surface area (Å²) in [7, 11) is 0. The number of nitrogens with one attached hydrogen (secondary N) is 1. The van der Waals surface area contributed by atoms with Gasteiger partial charge in [-0.05, 0) is 51.3 Å². The van der Waals surface area contributed by atoms with Crippen LogP contribution in [0.3, 0.4) is 0 Å². The summed E-state index contributed by atoms with van der Waals surface area (Å²) in [6, 6.07) is 7.70. The van der Waals surface area contributed by atoms with E-state index in [9.17, 15) is 14.4 Å². The van der Waals surface area contributed by atoms with E-state index >= 15 is 0 Å². The summed E-state index contributed by atoms with van der Waals surface area (Å²) in [5.41, 5.74) is 3.38. The molecule has 1 aromatic carbocycles. The first kappa shape index (κ1) is 19.7. The topological polar surface area (TPSA) is 88.7 Å². The minimum atomic E-state index is -0.946. The zero-order valence-electron chi connectivity index (χ0n) is 16.5.